The smallest absolute Gasteiger partial charge is 0.408 e. The van der Waals surface area contributed by atoms with Crippen molar-refractivity contribution in [3.05, 3.63) is 0 Å². The summed E-state index contributed by atoms with van der Waals surface area (Å²) in [5.74, 6) is -1.32. The molecule has 1 rings (SSSR count). The van der Waals surface area contributed by atoms with Crippen molar-refractivity contribution in [2.45, 2.75) is 39.0 Å². The number of aliphatic carboxylic acids is 1. The summed E-state index contributed by atoms with van der Waals surface area (Å²) in [6, 6.07) is -0.424. The number of ether oxygens (including phenoxy) is 1. The van der Waals surface area contributed by atoms with Gasteiger partial charge in [0.15, 0.2) is 0 Å². The van der Waals surface area contributed by atoms with E-state index in [1.807, 2.05) is 0 Å². The molecule has 1 aliphatic heterocycles. The van der Waals surface area contributed by atoms with Crippen LogP contribution in [0, 0.1) is 0 Å². The molecule has 0 radical (unpaired) electrons. The lowest BCUT2D eigenvalue weighted by Crippen LogP contribution is -2.57. The predicted octanol–water partition coefficient (Wildman–Crippen LogP) is -2.13. The highest BCUT2D eigenvalue weighted by atomic mass is 16.6. The van der Waals surface area contributed by atoms with Crippen LogP contribution in [-0.2, 0) is 9.53 Å². The number of rotatable bonds is 1. The van der Waals surface area contributed by atoms with Crippen LogP contribution in [0.1, 0.15) is 20.8 Å². The van der Waals surface area contributed by atoms with Gasteiger partial charge in [0.2, 0.25) is 0 Å². The first-order valence-electron chi connectivity index (χ1n) is 4.35. The van der Waals surface area contributed by atoms with Gasteiger partial charge < -0.3 is 25.7 Å². The Kier molecular flexibility index (Phi) is 4.93. The summed E-state index contributed by atoms with van der Waals surface area (Å²) in [6.45, 7) is 5.60. The van der Waals surface area contributed by atoms with Crippen LogP contribution < -0.4 is 16.2 Å². The van der Waals surface area contributed by atoms with Crippen molar-refractivity contribution in [1.29, 1.82) is 0 Å². The third-order valence-electron chi connectivity index (χ3n) is 1.29. The Labute approximate surface area is 82.4 Å². The second-order valence-electron chi connectivity index (χ2n) is 3.45. The SMILES string of the molecule is CC(C)[NH3+].CC1OC(=O)N[C@@H]1C(=O)[O-]. The number of hydrogen-bond donors (Lipinski definition) is 2. The van der Waals surface area contributed by atoms with Gasteiger partial charge in [0, 0.05) is 0 Å². The Hall–Kier alpha value is -1.30. The summed E-state index contributed by atoms with van der Waals surface area (Å²) in [7, 11) is 0. The van der Waals surface area contributed by atoms with Crippen LogP contribution in [0.2, 0.25) is 0 Å². The number of cyclic esters (lactones) is 1. The van der Waals surface area contributed by atoms with Crippen LogP contribution in [0.15, 0.2) is 0 Å². The van der Waals surface area contributed by atoms with Crippen molar-refractivity contribution in [1.82, 2.24) is 5.32 Å². The molecule has 0 aliphatic carbocycles. The number of alkyl carbamates (subject to hydrolysis) is 1. The molecule has 1 saturated heterocycles. The van der Waals surface area contributed by atoms with Gasteiger partial charge in [-0.2, -0.15) is 0 Å². The number of carbonyl (C=O) groups is 2. The minimum atomic E-state index is -1.32. The van der Waals surface area contributed by atoms with Crippen LogP contribution in [0.25, 0.3) is 0 Å². The van der Waals surface area contributed by atoms with E-state index in [1.165, 1.54) is 6.92 Å². The molecule has 0 bridgehead atoms. The Morgan fingerprint density at radius 2 is 2.07 bits per heavy atom. The molecule has 4 N–H and O–H groups in total. The number of amides is 1. The highest BCUT2D eigenvalue weighted by Gasteiger charge is 2.30. The molecule has 6 heteroatoms. The zero-order valence-corrected chi connectivity index (χ0v) is 8.57. The topological polar surface area (TPSA) is 106 Å². The van der Waals surface area contributed by atoms with E-state index < -0.39 is 24.2 Å². The fourth-order valence-corrected chi connectivity index (χ4v) is 0.766. The molecule has 14 heavy (non-hydrogen) atoms. The van der Waals surface area contributed by atoms with Crippen molar-refractivity contribution in [3.63, 3.8) is 0 Å². The number of nitrogens with one attached hydrogen (secondary N) is 1. The standard InChI is InChI=1S/C5H7NO4.C3H9N/c1-2-3(4(7)8)6-5(9)10-2;1-3(2)4/h2-3H,1H3,(H,6,9)(H,7,8);3H,4H2,1-2H3/t2?,3-;/m0./s1. The van der Waals surface area contributed by atoms with Crippen molar-refractivity contribution >= 4 is 12.1 Å². The van der Waals surface area contributed by atoms with Gasteiger partial charge >= 0.3 is 6.09 Å². The third-order valence-corrected chi connectivity index (χ3v) is 1.29. The Morgan fingerprint density at radius 1 is 1.64 bits per heavy atom. The van der Waals surface area contributed by atoms with Crippen LogP contribution in [0.3, 0.4) is 0 Å². The Balaban J connectivity index is 0.000000364. The van der Waals surface area contributed by atoms with Gasteiger partial charge in [-0.1, -0.05) is 0 Å². The zero-order chi connectivity index (χ0) is 11.3. The van der Waals surface area contributed by atoms with E-state index in [0.29, 0.717) is 6.04 Å². The molecule has 6 nitrogen and oxygen atoms in total. The molecule has 1 amide bonds. The summed E-state index contributed by atoms with van der Waals surface area (Å²) >= 11 is 0. The average molecular weight is 204 g/mol. The molecule has 1 unspecified atom stereocenters. The van der Waals surface area contributed by atoms with Gasteiger partial charge in [-0.3, -0.25) is 0 Å². The second-order valence-corrected chi connectivity index (χ2v) is 3.45. The first kappa shape index (κ1) is 12.7. The molecule has 0 spiro atoms. The molecule has 0 aromatic carbocycles. The van der Waals surface area contributed by atoms with E-state index >= 15 is 0 Å². The molecule has 1 heterocycles. The largest absolute Gasteiger partial charge is 0.548 e. The summed E-state index contributed by atoms with van der Waals surface area (Å²) < 4.78 is 4.46. The van der Waals surface area contributed by atoms with Crippen LogP contribution in [0.5, 0.6) is 0 Å². The summed E-state index contributed by atoms with van der Waals surface area (Å²) in [5.41, 5.74) is 3.64. The normalized spacial score (nSPS) is 24.8. The van der Waals surface area contributed by atoms with Crippen LogP contribution in [0.4, 0.5) is 4.79 Å². The highest BCUT2D eigenvalue weighted by molar-refractivity contribution is 5.82. The molecule has 82 valence electrons. The van der Waals surface area contributed by atoms with E-state index in [4.69, 9.17) is 0 Å². The molecule has 0 aromatic heterocycles. The fraction of sp³-hybridized carbons (Fsp3) is 0.750. The van der Waals surface area contributed by atoms with Crippen LogP contribution >= 0.6 is 0 Å². The Bertz CT molecular complexity index is 215. The maximum atomic E-state index is 10.3. The lowest BCUT2D eigenvalue weighted by atomic mass is 10.2. The van der Waals surface area contributed by atoms with E-state index in [9.17, 15) is 14.7 Å². The van der Waals surface area contributed by atoms with Crippen LogP contribution in [-0.4, -0.2) is 30.3 Å². The quantitative estimate of drug-likeness (QED) is 0.508. The first-order chi connectivity index (χ1) is 6.34. The average Bonchev–Trinajstić information content (AvgIpc) is 2.28. The van der Waals surface area contributed by atoms with E-state index in [-0.39, 0.29) is 0 Å². The number of carboxylic acid groups (broad SMARTS) is 1. The summed E-state index contributed by atoms with van der Waals surface area (Å²) in [4.78, 5) is 20.5. The van der Waals surface area contributed by atoms with E-state index in [2.05, 4.69) is 29.6 Å². The van der Waals surface area contributed by atoms with Gasteiger partial charge in [0.05, 0.1) is 12.0 Å². The lowest BCUT2D eigenvalue weighted by Gasteiger charge is -2.12. The fourth-order valence-electron chi connectivity index (χ4n) is 0.766. The summed E-state index contributed by atoms with van der Waals surface area (Å²) in [5, 5.41) is 12.2. The van der Waals surface area contributed by atoms with Crippen molar-refractivity contribution < 1.29 is 25.2 Å². The number of hydrogen-bond acceptors (Lipinski definition) is 4. The predicted molar refractivity (Wildman–Crippen MR) is 45.9 cm³/mol. The molecule has 0 saturated carbocycles. The second kappa shape index (κ2) is 5.43. The molecule has 0 aromatic rings. The lowest BCUT2D eigenvalue weighted by molar-refractivity contribution is -0.407. The molecular formula is C8H16N2O4. The minimum Gasteiger partial charge on any atom is -0.548 e. The molecule has 1 aliphatic rings. The molecule has 1 fully saturated rings. The summed E-state index contributed by atoms with van der Waals surface area (Å²) in [6.07, 6.45) is -1.35. The van der Waals surface area contributed by atoms with E-state index in [1.54, 1.807) is 0 Å². The van der Waals surface area contributed by atoms with Crippen molar-refractivity contribution in [3.8, 4) is 0 Å². The van der Waals surface area contributed by atoms with Gasteiger partial charge in [-0.25, -0.2) is 4.79 Å². The first-order valence-corrected chi connectivity index (χ1v) is 4.35. The number of carboxylic acids is 1. The maximum absolute atomic E-state index is 10.3. The molecule has 2 atom stereocenters. The molecular weight excluding hydrogens is 188 g/mol. The third kappa shape index (κ3) is 4.66. The van der Waals surface area contributed by atoms with E-state index in [0.717, 1.165) is 0 Å². The monoisotopic (exact) mass is 204 g/mol. The van der Waals surface area contributed by atoms with Gasteiger partial charge in [0.1, 0.15) is 12.1 Å². The zero-order valence-electron chi connectivity index (χ0n) is 8.57. The maximum Gasteiger partial charge on any atom is 0.408 e. The van der Waals surface area contributed by atoms with Crippen molar-refractivity contribution in [2.75, 3.05) is 0 Å². The van der Waals surface area contributed by atoms with Gasteiger partial charge in [-0.15, -0.1) is 0 Å². The van der Waals surface area contributed by atoms with Gasteiger partial charge in [-0.05, 0) is 20.8 Å². The van der Waals surface area contributed by atoms with Gasteiger partial charge in [0.25, 0.3) is 0 Å². The number of carbonyl (C=O) groups excluding carboxylic acids is 2. The number of quaternary nitrogens is 1. The highest BCUT2D eigenvalue weighted by Crippen LogP contribution is 2.06. The Morgan fingerprint density at radius 3 is 2.21 bits per heavy atom. The van der Waals surface area contributed by atoms with Crippen molar-refractivity contribution in [2.24, 2.45) is 0 Å². The minimum absolute atomic E-state index is 0.583.